The molecule has 1 aromatic heterocycles. The summed E-state index contributed by atoms with van der Waals surface area (Å²) in [5.74, 6) is 1.94. The van der Waals surface area contributed by atoms with Crippen LogP contribution in [-0.2, 0) is 11.2 Å². The van der Waals surface area contributed by atoms with Crippen molar-refractivity contribution in [2.45, 2.75) is 37.6 Å². The fourth-order valence-electron chi connectivity index (χ4n) is 5.22. The van der Waals surface area contributed by atoms with E-state index in [0.717, 1.165) is 30.7 Å². The normalized spacial score (nSPS) is 20.6. The van der Waals surface area contributed by atoms with Crippen molar-refractivity contribution in [1.29, 1.82) is 0 Å². The molecule has 2 atom stereocenters. The predicted molar refractivity (Wildman–Crippen MR) is 140 cm³/mol. The lowest BCUT2D eigenvalue weighted by Gasteiger charge is -2.30. The molecule has 184 valence electrons. The van der Waals surface area contributed by atoms with Crippen LogP contribution in [0.25, 0.3) is 11.0 Å². The topological polar surface area (TPSA) is 63.9 Å². The lowest BCUT2D eigenvalue weighted by Crippen LogP contribution is -2.38. The van der Waals surface area contributed by atoms with Crippen LogP contribution in [0.3, 0.4) is 0 Å². The van der Waals surface area contributed by atoms with Crippen molar-refractivity contribution in [2.75, 3.05) is 44.4 Å². The molecule has 0 bridgehead atoms. The summed E-state index contributed by atoms with van der Waals surface area (Å²) >= 11 is 0. The third-order valence-corrected chi connectivity index (χ3v) is 7.11. The maximum absolute atomic E-state index is 12.9. The standard InChI is InChI=1S/C29H34N2O4/c1-2-6-25-27(34-16-12-23-19-22(11-13-30-23)21-7-4-3-5-8-21)10-9-24-26(32)20-28(35-29(24)25)31-14-17-33-18-15-31/h2-5,7-10,20,22-23,30H,1,6,11-19H2. The molecule has 0 radical (unpaired) electrons. The highest BCUT2D eigenvalue weighted by molar-refractivity contribution is 5.83. The highest BCUT2D eigenvalue weighted by Crippen LogP contribution is 2.32. The number of piperidine rings is 1. The number of hydrogen-bond donors (Lipinski definition) is 1. The lowest BCUT2D eigenvalue weighted by molar-refractivity contribution is 0.121. The summed E-state index contributed by atoms with van der Waals surface area (Å²) in [5.41, 5.74) is 2.86. The van der Waals surface area contributed by atoms with Crippen LogP contribution in [0.15, 0.2) is 70.4 Å². The van der Waals surface area contributed by atoms with Crippen LogP contribution in [-0.4, -0.2) is 45.5 Å². The third kappa shape index (κ3) is 5.44. The molecule has 2 aliphatic heterocycles. The van der Waals surface area contributed by atoms with Gasteiger partial charge in [-0.15, -0.1) is 6.58 Å². The quantitative estimate of drug-likeness (QED) is 0.479. The Hall–Kier alpha value is -3.09. The van der Waals surface area contributed by atoms with Gasteiger partial charge in [-0.25, -0.2) is 0 Å². The predicted octanol–water partition coefficient (Wildman–Crippen LogP) is 4.66. The van der Waals surface area contributed by atoms with Crippen molar-refractivity contribution in [2.24, 2.45) is 0 Å². The second kappa shape index (κ2) is 11.1. The number of nitrogens with zero attached hydrogens (tertiary/aromatic N) is 1. The Kier molecular flexibility index (Phi) is 7.50. The van der Waals surface area contributed by atoms with Crippen molar-refractivity contribution in [3.63, 3.8) is 0 Å². The van der Waals surface area contributed by atoms with Gasteiger partial charge >= 0.3 is 0 Å². The van der Waals surface area contributed by atoms with E-state index in [1.54, 1.807) is 6.07 Å². The summed E-state index contributed by atoms with van der Waals surface area (Å²) in [4.78, 5) is 14.9. The molecule has 2 fully saturated rings. The number of rotatable bonds is 8. The highest BCUT2D eigenvalue weighted by Gasteiger charge is 2.23. The first-order valence-electron chi connectivity index (χ1n) is 12.7. The Morgan fingerprint density at radius 1 is 1.14 bits per heavy atom. The van der Waals surface area contributed by atoms with Crippen molar-refractivity contribution in [3.8, 4) is 5.75 Å². The first kappa shape index (κ1) is 23.6. The number of fused-ring (bicyclic) bond motifs is 1. The summed E-state index contributed by atoms with van der Waals surface area (Å²) in [7, 11) is 0. The summed E-state index contributed by atoms with van der Waals surface area (Å²) in [6.07, 6.45) is 5.60. The fraction of sp³-hybridized carbons (Fsp3) is 0.414. The number of benzene rings is 2. The molecule has 2 saturated heterocycles. The Labute approximate surface area is 206 Å². The number of anilines is 1. The highest BCUT2D eigenvalue weighted by atomic mass is 16.5. The Morgan fingerprint density at radius 2 is 1.97 bits per heavy atom. The van der Waals surface area contributed by atoms with Crippen LogP contribution < -0.4 is 20.4 Å². The van der Waals surface area contributed by atoms with Crippen molar-refractivity contribution >= 4 is 16.9 Å². The van der Waals surface area contributed by atoms with Gasteiger partial charge in [0.05, 0.1) is 25.2 Å². The van der Waals surface area contributed by atoms with Gasteiger partial charge < -0.3 is 24.1 Å². The van der Waals surface area contributed by atoms with Gasteiger partial charge in [-0.1, -0.05) is 36.4 Å². The maximum atomic E-state index is 12.9. The molecule has 0 amide bonds. The minimum atomic E-state index is -0.0389. The van der Waals surface area contributed by atoms with Crippen molar-refractivity contribution < 1.29 is 13.9 Å². The summed E-state index contributed by atoms with van der Waals surface area (Å²) in [6.45, 7) is 8.22. The van der Waals surface area contributed by atoms with E-state index in [9.17, 15) is 4.79 Å². The lowest BCUT2D eigenvalue weighted by atomic mass is 9.85. The van der Waals surface area contributed by atoms with Crippen LogP contribution in [0.1, 0.15) is 36.3 Å². The first-order chi connectivity index (χ1) is 17.2. The number of allylic oxidation sites excluding steroid dienone is 1. The smallest absolute Gasteiger partial charge is 0.200 e. The van der Waals surface area contributed by atoms with E-state index in [4.69, 9.17) is 13.9 Å². The zero-order valence-corrected chi connectivity index (χ0v) is 20.2. The van der Waals surface area contributed by atoms with E-state index in [1.807, 2.05) is 18.2 Å². The molecule has 0 spiro atoms. The van der Waals surface area contributed by atoms with Crippen LogP contribution in [0, 0.1) is 0 Å². The van der Waals surface area contributed by atoms with Crippen molar-refractivity contribution in [3.05, 3.63) is 82.5 Å². The number of nitrogens with one attached hydrogen (secondary N) is 1. The van der Waals surface area contributed by atoms with E-state index in [0.29, 0.717) is 68.1 Å². The van der Waals surface area contributed by atoms with E-state index in [-0.39, 0.29) is 5.43 Å². The number of morpholine rings is 1. The van der Waals surface area contributed by atoms with E-state index < -0.39 is 0 Å². The molecule has 0 saturated carbocycles. The third-order valence-electron chi connectivity index (χ3n) is 7.11. The molecule has 5 rings (SSSR count). The average Bonchev–Trinajstić information content (AvgIpc) is 2.91. The largest absolute Gasteiger partial charge is 0.493 e. The molecule has 0 aliphatic carbocycles. The molecular weight excluding hydrogens is 440 g/mol. The van der Waals surface area contributed by atoms with E-state index >= 15 is 0 Å². The van der Waals surface area contributed by atoms with Crippen LogP contribution in [0.2, 0.25) is 0 Å². The first-order valence-corrected chi connectivity index (χ1v) is 12.7. The molecule has 6 nitrogen and oxygen atoms in total. The molecule has 6 heteroatoms. The minimum Gasteiger partial charge on any atom is -0.493 e. The van der Waals surface area contributed by atoms with Gasteiger partial charge in [0, 0.05) is 30.8 Å². The molecule has 3 aromatic rings. The molecular formula is C29H34N2O4. The SMILES string of the molecule is C=CCc1c(OCCC2CC(c3ccccc3)CCN2)ccc2c(=O)cc(N3CCOCC3)oc12. The van der Waals surface area contributed by atoms with Gasteiger partial charge in [0.25, 0.3) is 0 Å². The van der Waals surface area contributed by atoms with Crippen LogP contribution in [0.4, 0.5) is 5.88 Å². The molecule has 2 aliphatic rings. The summed E-state index contributed by atoms with van der Waals surface area (Å²) in [5, 5.41) is 4.23. The second-order valence-electron chi connectivity index (χ2n) is 9.38. The summed E-state index contributed by atoms with van der Waals surface area (Å²) < 4.78 is 18.0. The minimum absolute atomic E-state index is 0.0389. The van der Waals surface area contributed by atoms with Crippen LogP contribution in [0.5, 0.6) is 5.75 Å². The Balaban J connectivity index is 1.31. The molecule has 3 heterocycles. The molecule has 2 unspecified atom stereocenters. The van der Waals surface area contributed by atoms with E-state index in [2.05, 4.69) is 47.1 Å². The van der Waals surface area contributed by atoms with Gasteiger partial charge in [-0.2, -0.15) is 0 Å². The van der Waals surface area contributed by atoms with Crippen LogP contribution >= 0.6 is 0 Å². The molecule has 35 heavy (non-hydrogen) atoms. The van der Waals surface area contributed by atoms with Gasteiger partial charge in [0.1, 0.15) is 11.3 Å². The monoisotopic (exact) mass is 474 g/mol. The molecule has 1 N–H and O–H groups in total. The summed E-state index contributed by atoms with van der Waals surface area (Å²) in [6, 6.07) is 16.5. The zero-order valence-electron chi connectivity index (χ0n) is 20.2. The van der Waals surface area contributed by atoms with Gasteiger partial charge in [-0.05, 0) is 55.8 Å². The van der Waals surface area contributed by atoms with Gasteiger partial charge in [0.2, 0.25) is 0 Å². The Bertz CT molecular complexity index is 1200. The molecule has 2 aromatic carbocycles. The maximum Gasteiger partial charge on any atom is 0.200 e. The average molecular weight is 475 g/mol. The number of hydrogen-bond acceptors (Lipinski definition) is 6. The van der Waals surface area contributed by atoms with E-state index in [1.165, 1.54) is 12.0 Å². The Morgan fingerprint density at radius 3 is 2.77 bits per heavy atom. The van der Waals surface area contributed by atoms with Gasteiger partial charge in [-0.3, -0.25) is 4.79 Å². The van der Waals surface area contributed by atoms with Crippen molar-refractivity contribution in [1.82, 2.24) is 5.32 Å². The number of ether oxygens (including phenoxy) is 2. The fourth-order valence-corrected chi connectivity index (χ4v) is 5.22. The second-order valence-corrected chi connectivity index (χ2v) is 9.38. The zero-order chi connectivity index (χ0) is 24.0. The van der Waals surface area contributed by atoms with Gasteiger partial charge in [0.15, 0.2) is 11.3 Å².